The van der Waals surface area contributed by atoms with Gasteiger partial charge in [0.1, 0.15) is 11.6 Å². The van der Waals surface area contributed by atoms with E-state index in [1.54, 1.807) is 28.9 Å². The van der Waals surface area contributed by atoms with Crippen molar-refractivity contribution in [2.75, 3.05) is 19.6 Å². The minimum atomic E-state index is -0.295. The Hall–Kier alpha value is -2.63. The summed E-state index contributed by atoms with van der Waals surface area (Å²) < 4.78 is 18.5. The lowest BCUT2D eigenvalue weighted by Crippen LogP contribution is -2.35. The first kappa shape index (κ1) is 15.9. The van der Waals surface area contributed by atoms with Crippen molar-refractivity contribution in [3.8, 4) is 0 Å². The van der Waals surface area contributed by atoms with E-state index in [2.05, 4.69) is 0 Å². The lowest BCUT2D eigenvalue weighted by atomic mass is 10.0. The molecule has 0 aliphatic carbocycles. The molecule has 6 heteroatoms. The van der Waals surface area contributed by atoms with Gasteiger partial charge in [-0.25, -0.2) is 4.39 Å². The smallest absolute Gasteiger partial charge is 0.257 e. The Labute approximate surface area is 145 Å². The van der Waals surface area contributed by atoms with Crippen molar-refractivity contribution in [3.63, 3.8) is 0 Å². The topological polar surface area (TPSA) is 53.8 Å². The third-order valence-electron chi connectivity index (χ3n) is 5.16. The Balaban J connectivity index is 1.43. The Bertz CT molecular complexity index is 832. The first-order chi connectivity index (χ1) is 12.0. The van der Waals surface area contributed by atoms with Crippen LogP contribution in [-0.2, 0) is 11.3 Å². The third-order valence-corrected chi connectivity index (χ3v) is 5.16. The molecule has 2 aliphatic heterocycles. The number of aryl methyl sites for hydroxylation is 1. The number of rotatable bonds is 3. The standard InChI is InChI=1S/C19H19FN2O3/c1-12-16(5-6-25-12)18(23)22-10-14-9-21(19(24)17(14)11-22)8-13-3-2-4-15(20)7-13/h2-7,14,17H,8-11H2,1H3/t14-,17+/m1/s1. The predicted molar refractivity (Wildman–Crippen MR) is 88.1 cm³/mol. The number of benzene rings is 1. The quantitative estimate of drug-likeness (QED) is 0.861. The van der Waals surface area contributed by atoms with E-state index in [9.17, 15) is 14.0 Å². The summed E-state index contributed by atoms with van der Waals surface area (Å²) in [5.41, 5.74) is 1.35. The fourth-order valence-electron chi connectivity index (χ4n) is 3.88. The maximum Gasteiger partial charge on any atom is 0.257 e. The van der Waals surface area contributed by atoms with Gasteiger partial charge in [-0.15, -0.1) is 0 Å². The highest BCUT2D eigenvalue weighted by molar-refractivity contribution is 5.96. The maximum absolute atomic E-state index is 13.3. The molecule has 0 N–H and O–H groups in total. The summed E-state index contributed by atoms with van der Waals surface area (Å²) in [5, 5.41) is 0. The average molecular weight is 342 g/mol. The van der Waals surface area contributed by atoms with Crippen molar-refractivity contribution in [2.45, 2.75) is 13.5 Å². The average Bonchev–Trinajstić information content (AvgIpc) is 3.25. The molecule has 0 bridgehead atoms. The maximum atomic E-state index is 13.3. The fourth-order valence-corrected chi connectivity index (χ4v) is 3.88. The van der Waals surface area contributed by atoms with Gasteiger partial charge in [0, 0.05) is 32.1 Å². The SMILES string of the molecule is Cc1occc1C(=O)N1C[C@H]2CN(Cc3cccc(F)c3)C(=O)[C@H]2C1. The largest absolute Gasteiger partial charge is 0.469 e. The van der Waals surface area contributed by atoms with Crippen molar-refractivity contribution >= 4 is 11.8 Å². The van der Waals surface area contributed by atoms with Gasteiger partial charge in [-0.3, -0.25) is 9.59 Å². The van der Waals surface area contributed by atoms with Crippen LogP contribution in [-0.4, -0.2) is 41.2 Å². The number of halogens is 1. The zero-order chi connectivity index (χ0) is 17.6. The van der Waals surface area contributed by atoms with E-state index in [-0.39, 0.29) is 29.5 Å². The van der Waals surface area contributed by atoms with Gasteiger partial charge in [-0.1, -0.05) is 12.1 Å². The van der Waals surface area contributed by atoms with Gasteiger partial charge in [0.05, 0.1) is 17.7 Å². The highest BCUT2D eigenvalue weighted by atomic mass is 19.1. The molecular weight excluding hydrogens is 323 g/mol. The predicted octanol–water partition coefficient (Wildman–Crippen LogP) is 2.46. The van der Waals surface area contributed by atoms with E-state index < -0.39 is 0 Å². The zero-order valence-corrected chi connectivity index (χ0v) is 13.9. The Morgan fingerprint density at radius 3 is 2.80 bits per heavy atom. The number of hydrogen-bond donors (Lipinski definition) is 0. The van der Waals surface area contributed by atoms with Crippen LogP contribution in [0.4, 0.5) is 4.39 Å². The molecule has 2 aliphatic rings. The van der Waals surface area contributed by atoms with E-state index in [0.717, 1.165) is 5.56 Å². The fraction of sp³-hybridized carbons (Fsp3) is 0.368. The molecule has 0 unspecified atom stereocenters. The van der Waals surface area contributed by atoms with Crippen LogP contribution in [0.5, 0.6) is 0 Å². The van der Waals surface area contributed by atoms with Crippen molar-refractivity contribution in [3.05, 3.63) is 59.3 Å². The van der Waals surface area contributed by atoms with Crippen molar-refractivity contribution < 1.29 is 18.4 Å². The monoisotopic (exact) mass is 342 g/mol. The van der Waals surface area contributed by atoms with Gasteiger partial charge in [-0.05, 0) is 30.7 Å². The van der Waals surface area contributed by atoms with E-state index >= 15 is 0 Å². The number of nitrogens with zero attached hydrogens (tertiary/aromatic N) is 2. The van der Waals surface area contributed by atoms with Gasteiger partial charge in [-0.2, -0.15) is 0 Å². The molecule has 25 heavy (non-hydrogen) atoms. The summed E-state index contributed by atoms with van der Waals surface area (Å²) in [4.78, 5) is 28.8. The molecule has 4 rings (SSSR count). The van der Waals surface area contributed by atoms with Crippen molar-refractivity contribution in [2.24, 2.45) is 11.8 Å². The van der Waals surface area contributed by atoms with E-state index in [4.69, 9.17) is 4.42 Å². The van der Waals surface area contributed by atoms with Crippen LogP contribution in [0, 0.1) is 24.6 Å². The number of likely N-dealkylation sites (tertiary alicyclic amines) is 2. The van der Waals surface area contributed by atoms with Crippen LogP contribution in [0.25, 0.3) is 0 Å². The molecule has 2 saturated heterocycles. The molecule has 5 nitrogen and oxygen atoms in total. The van der Waals surface area contributed by atoms with Crippen LogP contribution in [0.3, 0.4) is 0 Å². The van der Waals surface area contributed by atoms with Gasteiger partial charge < -0.3 is 14.2 Å². The number of fused-ring (bicyclic) bond motifs is 1. The zero-order valence-electron chi connectivity index (χ0n) is 13.9. The van der Waals surface area contributed by atoms with Crippen LogP contribution in [0.1, 0.15) is 21.7 Å². The highest BCUT2D eigenvalue weighted by Gasteiger charge is 2.47. The summed E-state index contributed by atoms with van der Waals surface area (Å²) in [6.45, 7) is 3.79. The molecule has 0 radical (unpaired) electrons. The Morgan fingerprint density at radius 1 is 1.28 bits per heavy atom. The van der Waals surface area contributed by atoms with E-state index in [0.29, 0.717) is 37.5 Å². The molecule has 0 spiro atoms. The second-order valence-corrected chi connectivity index (χ2v) is 6.82. The van der Waals surface area contributed by atoms with E-state index in [1.807, 2.05) is 6.07 Å². The highest BCUT2D eigenvalue weighted by Crippen LogP contribution is 2.34. The van der Waals surface area contributed by atoms with Crippen LogP contribution in [0.2, 0.25) is 0 Å². The lowest BCUT2D eigenvalue weighted by Gasteiger charge is -2.22. The van der Waals surface area contributed by atoms with Crippen LogP contribution >= 0.6 is 0 Å². The first-order valence-corrected chi connectivity index (χ1v) is 8.39. The summed E-state index contributed by atoms with van der Waals surface area (Å²) >= 11 is 0. The van der Waals surface area contributed by atoms with Crippen molar-refractivity contribution in [1.29, 1.82) is 0 Å². The molecule has 2 aromatic rings. The second kappa shape index (κ2) is 6.02. The third kappa shape index (κ3) is 2.81. The molecule has 2 atom stereocenters. The number of carbonyl (C=O) groups excluding carboxylic acids is 2. The van der Waals surface area contributed by atoms with Gasteiger partial charge in [0.2, 0.25) is 5.91 Å². The van der Waals surface area contributed by atoms with Gasteiger partial charge >= 0.3 is 0 Å². The van der Waals surface area contributed by atoms with Gasteiger partial charge in [0.25, 0.3) is 5.91 Å². The summed E-state index contributed by atoms with van der Waals surface area (Å²) in [5.74, 6) is 0.248. The van der Waals surface area contributed by atoms with Crippen molar-refractivity contribution in [1.82, 2.24) is 9.80 Å². The number of furan rings is 1. The lowest BCUT2D eigenvalue weighted by molar-refractivity contribution is -0.131. The number of carbonyl (C=O) groups is 2. The molecule has 0 saturated carbocycles. The molecule has 1 aromatic carbocycles. The molecule has 2 amide bonds. The minimum absolute atomic E-state index is 0.0495. The molecule has 3 heterocycles. The first-order valence-electron chi connectivity index (χ1n) is 8.39. The minimum Gasteiger partial charge on any atom is -0.469 e. The summed E-state index contributed by atoms with van der Waals surface area (Å²) in [6.07, 6.45) is 1.51. The number of hydrogen-bond acceptors (Lipinski definition) is 3. The molecule has 2 fully saturated rings. The van der Waals surface area contributed by atoms with Gasteiger partial charge in [0.15, 0.2) is 0 Å². The van der Waals surface area contributed by atoms with E-state index in [1.165, 1.54) is 18.4 Å². The molecular formula is C19H19FN2O3. The Morgan fingerprint density at radius 2 is 2.12 bits per heavy atom. The second-order valence-electron chi connectivity index (χ2n) is 6.82. The number of amides is 2. The Kier molecular flexibility index (Phi) is 3.82. The molecule has 130 valence electrons. The summed E-state index contributed by atoms with van der Waals surface area (Å²) in [7, 11) is 0. The molecule has 1 aromatic heterocycles. The normalized spacial score (nSPS) is 22.6. The summed E-state index contributed by atoms with van der Waals surface area (Å²) in [6, 6.07) is 8.00. The van der Waals surface area contributed by atoms with Crippen LogP contribution < -0.4 is 0 Å². The van der Waals surface area contributed by atoms with Crippen LogP contribution in [0.15, 0.2) is 41.0 Å².